The molecule has 0 bridgehead atoms. The third-order valence-corrected chi connectivity index (χ3v) is 1.86. The second kappa shape index (κ2) is 4.83. The SMILES string of the molecule is CC(=O)O[C@@H](C)C(=O)c1cc(F)cc(F)c1. The van der Waals surface area contributed by atoms with Crippen LogP contribution in [0.2, 0.25) is 0 Å². The van der Waals surface area contributed by atoms with Gasteiger partial charge in [0, 0.05) is 18.6 Å². The lowest BCUT2D eigenvalue weighted by Gasteiger charge is -2.10. The molecule has 0 aliphatic rings. The van der Waals surface area contributed by atoms with Crippen molar-refractivity contribution >= 4 is 11.8 Å². The van der Waals surface area contributed by atoms with Crippen LogP contribution in [-0.2, 0) is 9.53 Å². The third kappa shape index (κ3) is 3.12. The van der Waals surface area contributed by atoms with Crippen LogP contribution in [0.3, 0.4) is 0 Å². The number of hydrogen-bond donors (Lipinski definition) is 0. The fraction of sp³-hybridized carbons (Fsp3) is 0.273. The molecule has 0 amide bonds. The van der Waals surface area contributed by atoms with E-state index in [0.717, 1.165) is 19.1 Å². The van der Waals surface area contributed by atoms with Gasteiger partial charge in [-0.1, -0.05) is 0 Å². The fourth-order valence-corrected chi connectivity index (χ4v) is 1.23. The highest BCUT2D eigenvalue weighted by atomic mass is 19.1. The Morgan fingerprint density at radius 1 is 1.19 bits per heavy atom. The first-order chi connectivity index (χ1) is 7.40. The molecule has 0 aromatic heterocycles. The van der Waals surface area contributed by atoms with Crippen LogP contribution in [0.15, 0.2) is 18.2 Å². The molecule has 0 spiro atoms. The van der Waals surface area contributed by atoms with E-state index in [0.29, 0.717) is 6.07 Å². The number of rotatable bonds is 3. The van der Waals surface area contributed by atoms with Gasteiger partial charge in [0.1, 0.15) is 11.6 Å². The smallest absolute Gasteiger partial charge is 0.303 e. The molecule has 5 heteroatoms. The van der Waals surface area contributed by atoms with Crippen molar-refractivity contribution in [3.63, 3.8) is 0 Å². The molecule has 3 nitrogen and oxygen atoms in total. The molecule has 0 radical (unpaired) electrons. The molecular formula is C11H10F2O3. The van der Waals surface area contributed by atoms with Crippen molar-refractivity contribution in [1.82, 2.24) is 0 Å². The summed E-state index contributed by atoms with van der Waals surface area (Å²) in [4.78, 5) is 22.2. The minimum Gasteiger partial charge on any atom is -0.454 e. The number of carbonyl (C=O) groups excluding carboxylic acids is 2. The summed E-state index contributed by atoms with van der Waals surface area (Å²) in [6.45, 7) is 2.49. The highest BCUT2D eigenvalue weighted by molar-refractivity contribution is 6.00. The van der Waals surface area contributed by atoms with Gasteiger partial charge in [0.05, 0.1) is 0 Å². The second-order valence-corrected chi connectivity index (χ2v) is 3.27. The molecule has 16 heavy (non-hydrogen) atoms. The minimum atomic E-state index is -1.06. The van der Waals surface area contributed by atoms with E-state index in [2.05, 4.69) is 4.74 Å². The Kier molecular flexibility index (Phi) is 3.71. The molecule has 0 N–H and O–H groups in total. The number of esters is 1. The van der Waals surface area contributed by atoms with Crippen molar-refractivity contribution in [2.75, 3.05) is 0 Å². The fourth-order valence-electron chi connectivity index (χ4n) is 1.23. The third-order valence-electron chi connectivity index (χ3n) is 1.86. The maximum absolute atomic E-state index is 12.8. The molecule has 0 saturated carbocycles. The minimum absolute atomic E-state index is 0.161. The highest BCUT2D eigenvalue weighted by Gasteiger charge is 2.19. The Balaban J connectivity index is 2.91. The zero-order valence-electron chi connectivity index (χ0n) is 8.79. The first kappa shape index (κ1) is 12.3. The van der Waals surface area contributed by atoms with Crippen molar-refractivity contribution in [2.24, 2.45) is 0 Å². The van der Waals surface area contributed by atoms with E-state index in [9.17, 15) is 18.4 Å². The summed E-state index contributed by atoms with van der Waals surface area (Å²) in [7, 11) is 0. The second-order valence-electron chi connectivity index (χ2n) is 3.27. The van der Waals surface area contributed by atoms with Gasteiger partial charge < -0.3 is 4.74 Å². The molecule has 1 atom stereocenters. The lowest BCUT2D eigenvalue weighted by atomic mass is 10.1. The van der Waals surface area contributed by atoms with Crippen molar-refractivity contribution in [2.45, 2.75) is 20.0 Å². The van der Waals surface area contributed by atoms with Crippen LogP contribution in [0.25, 0.3) is 0 Å². The van der Waals surface area contributed by atoms with Crippen molar-refractivity contribution in [3.05, 3.63) is 35.4 Å². The number of hydrogen-bond acceptors (Lipinski definition) is 3. The largest absolute Gasteiger partial charge is 0.454 e. The van der Waals surface area contributed by atoms with Crippen LogP contribution >= 0.6 is 0 Å². The number of halogens is 2. The van der Waals surface area contributed by atoms with Crippen LogP contribution in [0.5, 0.6) is 0 Å². The zero-order chi connectivity index (χ0) is 12.3. The predicted molar refractivity (Wildman–Crippen MR) is 51.9 cm³/mol. The van der Waals surface area contributed by atoms with E-state index in [1.54, 1.807) is 0 Å². The number of carbonyl (C=O) groups is 2. The van der Waals surface area contributed by atoms with E-state index >= 15 is 0 Å². The van der Waals surface area contributed by atoms with E-state index in [-0.39, 0.29) is 5.56 Å². The van der Waals surface area contributed by atoms with Crippen LogP contribution in [-0.4, -0.2) is 17.9 Å². The van der Waals surface area contributed by atoms with Gasteiger partial charge in [-0.15, -0.1) is 0 Å². The van der Waals surface area contributed by atoms with Crippen LogP contribution < -0.4 is 0 Å². The van der Waals surface area contributed by atoms with E-state index in [4.69, 9.17) is 0 Å². The number of Topliss-reactive ketones (excluding diaryl/α,β-unsaturated/α-hetero) is 1. The monoisotopic (exact) mass is 228 g/mol. The molecule has 0 unspecified atom stereocenters. The van der Waals surface area contributed by atoms with E-state index in [1.807, 2.05) is 0 Å². The summed E-state index contributed by atoms with van der Waals surface area (Å²) in [5.41, 5.74) is -0.161. The number of ketones is 1. The summed E-state index contributed by atoms with van der Waals surface area (Å²) in [6.07, 6.45) is -1.06. The highest BCUT2D eigenvalue weighted by Crippen LogP contribution is 2.11. The normalized spacial score (nSPS) is 12.0. The molecule has 1 rings (SSSR count). The average molecular weight is 228 g/mol. The molecule has 0 aliphatic carbocycles. The summed E-state index contributed by atoms with van der Waals surface area (Å²) >= 11 is 0. The van der Waals surface area contributed by atoms with Crippen LogP contribution in [0, 0.1) is 11.6 Å². The van der Waals surface area contributed by atoms with E-state index < -0.39 is 29.5 Å². The van der Waals surface area contributed by atoms with Crippen molar-refractivity contribution < 1.29 is 23.1 Å². The van der Waals surface area contributed by atoms with Gasteiger partial charge in [-0.3, -0.25) is 9.59 Å². The van der Waals surface area contributed by atoms with Gasteiger partial charge in [0.15, 0.2) is 6.10 Å². The molecule has 1 aromatic rings. The topological polar surface area (TPSA) is 43.4 Å². The quantitative estimate of drug-likeness (QED) is 0.587. The summed E-state index contributed by atoms with van der Waals surface area (Å²) < 4.78 is 30.2. The molecular weight excluding hydrogens is 218 g/mol. The van der Waals surface area contributed by atoms with Crippen molar-refractivity contribution in [1.29, 1.82) is 0 Å². The first-order valence-corrected chi connectivity index (χ1v) is 4.57. The lowest BCUT2D eigenvalue weighted by Crippen LogP contribution is -2.23. The zero-order valence-corrected chi connectivity index (χ0v) is 8.79. The van der Waals surface area contributed by atoms with Gasteiger partial charge in [-0.2, -0.15) is 0 Å². The average Bonchev–Trinajstić information content (AvgIpc) is 2.13. The van der Waals surface area contributed by atoms with Crippen LogP contribution in [0.1, 0.15) is 24.2 Å². The van der Waals surface area contributed by atoms with Gasteiger partial charge in [-0.05, 0) is 19.1 Å². The Morgan fingerprint density at radius 3 is 2.12 bits per heavy atom. The van der Waals surface area contributed by atoms with Crippen molar-refractivity contribution in [3.8, 4) is 0 Å². The van der Waals surface area contributed by atoms with Gasteiger partial charge in [-0.25, -0.2) is 8.78 Å². The van der Waals surface area contributed by atoms with Gasteiger partial charge in [0.25, 0.3) is 0 Å². The predicted octanol–water partition coefficient (Wildman–Crippen LogP) is 2.10. The molecule has 86 valence electrons. The Morgan fingerprint density at radius 2 is 1.69 bits per heavy atom. The van der Waals surface area contributed by atoms with Gasteiger partial charge in [0.2, 0.25) is 5.78 Å². The molecule has 0 heterocycles. The molecule has 0 aliphatic heterocycles. The summed E-state index contributed by atoms with van der Waals surface area (Å²) in [6, 6.07) is 2.45. The Labute approximate surface area is 91.0 Å². The molecule has 0 saturated heterocycles. The first-order valence-electron chi connectivity index (χ1n) is 4.57. The molecule has 1 aromatic carbocycles. The van der Waals surface area contributed by atoms with Gasteiger partial charge >= 0.3 is 5.97 Å². The number of ether oxygens (including phenoxy) is 1. The Bertz CT molecular complexity index is 409. The maximum atomic E-state index is 12.8. The van der Waals surface area contributed by atoms with Crippen LogP contribution in [0.4, 0.5) is 8.78 Å². The Hall–Kier alpha value is -1.78. The number of benzene rings is 1. The molecule has 0 fully saturated rings. The maximum Gasteiger partial charge on any atom is 0.303 e. The summed E-state index contributed by atoms with van der Waals surface area (Å²) in [5, 5.41) is 0. The standard InChI is InChI=1S/C11H10F2O3/c1-6(16-7(2)14)11(15)8-3-9(12)5-10(13)4-8/h3-6H,1-2H3/t6-/m0/s1. The summed E-state index contributed by atoms with van der Waals surface area (Å²) in [5.74, 6) is -2.97. The lowest BCUT2D eigenvalue weighted by molar-refractivity contribution is -0.143. The van der Waals surface area contributed by atoms with E-state index in [1.165, 1.54) is 6.92 Å².